The number of halogens is 1. The van der Waals surface area contributed by atoms with Gasteiger partial charge in [0.05, 0.1) is 7.11 Å². The number of primary amides is 1. The summed E-state index contributed by atoms with van der Waals surface area (Å²) in [6.45, 7) is 2.32. The van der Waals surface area contributed by atoms with Crippen LogP contribution in [0.25, 0.3) is 0 Å². The first-order chi connectivity index (χ1) is 14.9. The first-order valence-corrected chi connectivity index (χ1v) is 10.6. The molecule has 0 aromatic heterocycles. The van der Waals surface area contributed by atoms with E-state index in [2.05, 4.69) is 17.6 Å². The van der Waals surface area contributed by atoms with Crippen molar-refractivity contribution in [2.24, 2.45) is 5.73 Å². The van der Waals surface area contributed by atoms with Gasteiger partial charge in [-0.2, -0.15) is 0 Å². The zero-order valence-electron chi connectivity index (χ0n) is 18.0. The first-order valence-electron chi connectivity index (χ1n) is 10.6. The molecule has 3 atom stereocenters. The number of nitrogens with one attached hydrogen (secondary N) is 2. The van der Waals surface area contributed by atoms with Crippen LogP contribution in [-0.4, -0.2) is 31.5 Å². The lowest BCUT2D eigenvalue weighted by atomic mass is 9.96. The molecule has 6 nitrogen and oxygen atoms in total. The quantitative estimate of drug-likeness (QED) is 0.572. The van der Waals surface area contributed by atoms with Gasteiger partial charge in [0.25, 0.3) is 5.91 Å². The Hall–Kier alpha value is -2.93. The van der Waals surface area contributed by atoms with E-state index in [1.165, 1.54) is 18.7 Å². The average molecular weight is 428 g/mol. The van der Waals surface area contributed by atoms with Crippen molar-refractivity contribution in [3.8, 4) is 5.75 Å². The Kier molecular flexibility index (Phi) is 7.63. The Morgan fingerprint density at radius 2 is 1.94 bits per heavy atom. The molecule has 1 aliphatic rings. The monoisotopic (exact) mass is 427 g/mol. The van der Waals surface area contributed by atoms with Crippen molar-refractivity contribution in [1.82, 2.24) is 10.6 Å². The van der Waals surface area contributed by atoms with Crippen LogP contribution in [0, 0.1) is 5.82 Å². The number of rotatable bonds is 9. The fourth-order valence-electron chi connectivity index (χ4n) is 4.14. The standard InChI is InChI=1S/C24H30FN3O3/c1-15(18-8-10-21(25)22(14-18)31-2)28-20-9-7-19(13-20)16-3-5-17(6-4-16)24(30)27-12-11-23(26)29/h3-6,8,10,14-15,19-20,28H,7,9,11-13H2,1-2H3,(H2,26,29)(H,27,30)/t15-,19+,20?/m1/s1. The topological polar surface area (TPSA) is 93.4 Å². The predicted octanol–water partition coefficient (Wildman–Crippen LogP) is 3.43. The molecule has 1 saturated carbocycles. The third-order valence-corrected chi connectivity index (χ3v) is 5.89. The van der Waals surface area contributed by atoms with Crippen LogP contribution in [0.5, 0.6) is 5.75 Å². The highest BCUT2D eigenvalue weighted by Crippen LogP contribution is 2.35. The summed E-state index contributed by atoms with van der Waals surface area (Å²) in [7, 11) is 1.47. The van der Waals surface area contributed by atoms with Crippen molar-refractivity contribution < 1.29 is 18.7 Å². The first kappa shape index (κ1) is 22.7. The molecule has 2 aromatic carbocycles. The van der Waals surface area contributed by atoms with E-state index in [0.717, 1.165) is 24.8 Å². The van der Waals surface area contributed by atoms with Crippen molar-refractivity contribution in [3.05, 3.63) is 65.0 Å². The highest BCUT2D eigenvalue weighted by Gasteiger charge is 2.27. The summed E-state index contributed by atoms with van der Waals surface area (Å²) in [6.07, 6.45) is 3.26. The molecule has 1 aliphatic carbocycles. The van der Waals surface area contributed by atoms with Crippen molar-refractivity contribution in [2.45, 2.75) is 50.6 Å². The maximum atomic E-state index is 13.7. The van der Waals surface area contributed by atoms with Crippen LogP contribution in [0.2, 0.25) is 0 Å². The predicted molar refractivity (Wildman–Crippen MR) is 117 cm³/mol. The normalized spacial score (nSPS) is 19.1. The molecule has 0 heterocycles. The Balaban J connectivity index is 1.53. The van der Waals surface area contributed by atoms with Gasteiger partial charge in [0.2, 0.25) is 5.91 Å². The number of methoxy groups -OCH3 is 1. The zero-order valence-corrected chi connectivity index (χ0v) is 18.0. The fraction of sp³-hybridized carbons (Fsp3) is 0.417. The molecule has 3 rings (SSSR count). The molecule has 0 saturated heterocycles. The SMILES string of the molecule is COc1cc([C@@H](C)NC2CC[C@H](c3ccc(C(=O)NCCC(N)=O)cc3)C2)ccc1F. The summed E-state index contributed by atoms with van der Waals surface area (Å²) >= 11 is 0. The third kappa shape index (κ3) is 6.04. The molecule has 31 heavy (non-hydrogen) atoms. The van der Waals surface area contributed by atoms with Crippen LogP contribution in [0.15, 0.2) is 42.5 Å². The summed E-state index contributed by atoms with van der Waals surface area (Å²) in [6, 6.07) is 13.1. The minimum atomic E-state index is -0.437. The number of benzene rings is 2. The van der Waals surface area contributed by atoms with Gasteiger partial charge >= 0.3 is 0 Å². The molecule has 0 bridgehead atoms. The molecule has 1 fully saturated rings. The van der Waals surface area contributed by atoms with Crippen LogP contribution >= 0.6 is 0 Å². The van der Waals surface area contributed by atoms with Gasteiger partial charge in [-0.3, -0.25) is 9.59 Å². The second-order valence-corrected chi connectivity index (χ2v) is 8.08. The Morgan fingerprint density at radius 3 is 2.61 bits per heavy atom. The number of hydrogen-bond acceptors (Lipinski definition) is 4. The van der Waals surface area contributed by atoms with Crippen LogP contribution in [0.1, 0.15) is 66.1 Å². The largest absolute Gasteiger partial charge is 0.494 e. The maximum absolute atomic E-state index is 13.7. The van der Waals surface area contributed by atoms with E-state index in [0.29, 0.717) is 17.5 Å². The molecule has 7 heteroatoms. The highest BCUT2D eigenvalue weighted by atomic mass is 19.1. The van der Waals surface area contributed by atoms with Crippen LogP contribution in [0.3, 0.4) is 0 Å². The lowest BCUT2D eigenvalue weighted by Crippen LogP contribution is -2.29. The molecule has 0 aliphatic heterocycles. The van der Waals surface area contributed by atoms with E-state index in [9.17, 15) is 14.0 Å². The fourth-order valence-corrected chi connectivity index (χ4v) is 4.14. The summed E-state index contributed by atoms with van der Waals surface area (Å²) in [5, 5.41) is 6.34. The van der Waals surface area contributed by atoms with Gasteiger partial charge < -0.3 is 21.1 Å². The Morgan fingerprint density at radius 1 is 1.19 bits per heavy atom. The number of amides is 2. The molecule has 166 valence electrons. The van der Waals surface area contributed by atoms with Gasteiger partial charge in [0.1, 0.15) is 0 Å². The molecule has 0 radical (unpaired) electrons. The van der Waals surface area contributed by atoms with E-state index >= 15 is 0 Å². The maximum Gasteiger partial charge on any atom is 0.251 e. The van der Waals surface area contributed by atoms with Crippen molar-refractivity contribution >= 4 is 11.8 Å². The van der Waals surface area contributed by atoms with Gasteiger partial charge in [0, 0.05) is 30.6 Å². The Bertz CT molecular complexity index is 917. The number of hydrogen-bond donors (Lipinski definition) is 3. The van der Waals surface area contributed by atoms with Crippen LogP contribution < -0.4 is 21.1 Å². The van der Waals surface area contributed by atoms with Gasteiger partial charge in [-0.15, -0.1) is 0 Å². The van der Waals surface area contributed by atoms with E-state index < -0.39 is 5.91 Å². The smallest absolute Gasteiger partial charge is 0.251 e. The minimum absolute atomic E-state index is 0.0877. The molecule has 0 spiro atoms. The van der Waals surface area contributed by atoms with Gasteiger partial charge in [-0.05, 0) is 67.5 Å². The number of ether oxygens (including phenoxy) is 1. The summed E-state index contributed by atoms with van der Waals surface area (Å²) in [4.78, 5) is 22.9. The molecular weight excluding hydrogens is 397 g/mol. The Labute approximate surface area is 182 Å². The number of nitrogens with two attached hydrogens (primary N) is 1. The van der Waals surface area contributed by atoms with Crippen molar-refractivity contribution in [1.29, 1.82) is 0 Å². The lowest BCUT2D eigenvalue weighted by Gasteiger charge is -2.21. The highest BCUT2D eigenvalue weighted by molar-refractivity contribution is 5.94. The average Bonchev–Trinajstić information content (AvgIpc) is 3.22. The summed E-state index contributed by atoms with van der Waals surface area (Å²) in [5.41, 5.74) is 7.86. The van der Waals surface area contributed by atoms with Crippen LogP contribution in [-0.2, 0) is 4.79 Å². The number of carbonyl (C=O) groups is 2. The van der Waals surface area contributed by atoms with Crippen LogP contribution in [0.4, 0.5) is 4.39 Å². The zero-order chi connectivity index (χ0) is 22.4. The third-order valence-electron chi connectivity index (χ3n) is 5.89. The van der Waals surface area contributed by atoms with E-state index in [1.807, 2.05) is 24.3 Å². The van der Waals surface area contributed by atoms with E-state index in [-0.39, 0.29) is 36.5 Å². The van der Waals surface area contributed by atoms with Gasteiger partial charge in [-0.1, -0.05) is 18.2 Å². The second kappa shape index (κ2) is 10.4. The van der Waals surface area contributed by atoms with E-state index in [1.54, 1.807) is 12.1 Å². The molecule has 4 N–H and O–H groups in total. The summed E-state index contributed by atoms with van der Waals surface area (Å²) in [5.74, 6) is -0.312. The van der Waals surface area contributed by atoms with Crippen molar-refractivity contribution in [3.63, 3.8) is 0 Å². The summed E-state index contributed by atoms with van der Waals surface area (Å²) < 4.78 is 18.7. The molecule has 1 unspecified atom stereocenters. The minimum Gasteiger partial charge on any atom is -0.494 e. The van der Waals surface area contributed by atoms with E-state index in [4.69, 9.17) is 10.5 Å². The molecule has 2 amide bonds. The lowest BCUT2D eigenvalue weighted by molar-refractivity contribution is -0.117. The molecular formula is C24H30FN3O3. The molecule has 2 aromatic rings. The van der Waals surface area contributed by atoms with Gasteiger partial charge in [0.15, 0.2) is 11.6 Å². The number of carbonyl (C=O) groups excluding carboxylic acids is 2. The second-order valence-electron chi connectivity index (χ2n) is 8.08. The van der Waals surface area contributed by atoms with Gasteiger partial charge in [-0.25, -0.2) is 4.39 Å². The van der Waals surface area contributed by atoms with Crippen molar-refractivity contribution in [2.75, 3.05) is 13.7 Å².